The zero-order valence-corrected chi connectivity index (χ0v) is 60.2. The van der Waals surface area contributed by atoms with Gasteiger partial charge in [0.05, 0.1) is 18.4 Å². The topological polar surface area (TPSA) is 186 Å². The molecule has 14 nitrogen and oxygen atoms in total. The Morgan fingerprint density at radius 2 is 0.905 bits per heavy atom. The second-order valence-corrected chi connectivity index (χ2v) is 28.2. The third kappa shape index (κ3) is 90.7. The Morgan fingerprint density at radius 3 is 1.08 bits per heavy atom. The van der Waals surface area contributed by atoms with E-state index in [1.807, 2.05) is 186 Å². The number of amides is 2. The van der Waals surface area contributed by atoms with Gasteiger partial charge in [-0.1, -0.05) is 135 Å². The van der Waals surface area contributed by atoms with Crippen molar-refractivity contribution in [3.05, 3.63) is 61.8 Å². The minimum absolute atomic E-state index is 0.00894. The largest absolute Gasteiger partial charge is 0.456 e. The molecule has 2 N–H and O–H groups in total. The molecule has 0 aliphatic heterocycles. The number of esters is 1. The van der Waals surface area contributed by atoms with Crippen LogP contribution in [0.4, 0.5) is 4.39 Å². The third-order valence-electron chi connectivity index (χ3n) is 9.78. The maximum absolute atomic E-state index is 11.6. The number of nitriles is 1. The Kier molecular flexibility index (Phi) is 59.7. The van der Waals surface area contributed by atoms with Gasteiger partial charge in [-0.15, -0.1) is 30.5 Å². The Labute approximate surface area is 520 Å². The number of likely N-dealkylation sites (N-methyl/N-ethyl adjacent to an activating group) is 3. The number of carbonyl (C=O) groups excluding carboxylic acids is 7. The van der Waals surface area contributed by atoms with E-state index in [0.717, 1.165) is 19.6 Å². The van der Waals surface area contributed by atoms with Crippen molar-refractivity contribution in [3.8, 4) is 18.4 Å². The van der Waals surface area contributed by atoms with Crippen LogP contribution in [0.15, 0.2) is 61.8 Å². The van der Waals surface area contributed by atoms with Gasteiger partial charge in [-0.3, -0.25) is 28.8 Å². The van der Waals surface area contributed by atoms with Crippen molar-refractivity contribution in [2.45, 2.75) is 203 Å². The molecule has 0 fully saturated rings. The van der Waals surface area contributed by atoms with Crippen molar-refractivity contribution in [2.75, 3.05) is 74.5 Å². The van der Waals surface area contributed by atoms with Gasteiger partial charge in [0.25, 0.3) is 0 Å². The smallest absolute Gasteiger partial charge is 0.331 e. The number of carbonyl (C=O) groups is 7. The lowest BCUT2D eigenvalue weighted by molar-refractivity contribution is -0.160. The molecule has 16 heteroatoms. The van der Waals surface area contributed by atoms with Crippen molar-refractivity contribution in [1.82, 2.24) is 25.3 Å². The maximum Gasteiger partial charge on any atom is 0.331 e. The van der Waals surface area contributed by atoms with E-state index in [1.54, 1.807) is 52.0 Å². The van der Waals surface area contributed by atoms with Crippen LogP contribution in [0, 0.1) is 63.1 Å². The number of Topliss-reactive ketones (excluding diaryl/α,β-unsaturated/α-hetero) is 3. The summed E-state index contributed by atoms with van der Waals surface area (Å²) in [5.74, 6) is 2.28. The highest BCUT2D eigenvalue weighted by molar-refractivity contribution is 6.27. The van der Waals surface area contributed by atoms with Gasteiger partial charge in [0.2, 0.25) is 11.8 Å². The summed E-state index contributed by atoms with van der Waals surface area (Å²) >= 11 is 5.20. The van der Waals surface area contributed by atoms with E-state index in [0.29, 0.717) is 5.41 Å². The first-order valence-corrected chi connectivity index (χ1v) is 29.0. The molecule has 0 radical (unpaired) electrons. The first-order chi connectivity index (χ1) is 37.3. The Hall–Kier alpha value is -5.06. The van der Waals surface area contributed by atoms with E-state index in [1.165, 1.54) is 12.2 Å². The molecule has 0 saturated carbocycles. The summed E-state index contributed by atoms with van der Waals surface area (Å²) < 4.78 is 16.7. The zero-order valence-electron chi connectivity index (χ0n) is 59.4. The summed E-state index contributed by atoms with van der Waals surface area (Å²) in [5, 5.41) is 13.6. The highest BCUT2D eigenvalue weighted by Crippen LogP contribution is 2.33. The molecule has 490 valence electrons. The van der Waals surface area contributed by atoms with Crippen LogP contribution in [0.2, 0.25) is 0 Å². The molecule has 2 amide bonds. The highest BCUT2D eigenvalue weighted by atomic mass is 35.5. The molecule has 0 saturated heterocycles. The molecule has 0 aliphatic carbocycles. The first kappa shape index (κ1) is 98.0. The van der Waals surface area contributed by atoms with Crippen LogP contribution in [0.1, 0.15) is 186 Å². The van der Waals surface area contributed by atoms with Crippen LogP contribution in [-0.4, -0.2) is 147 Å². The number of nitrogens with one attached hydrogen (secondary N) is 2. The van der Waals surface area contributed by atoms with Crippen LogP contribution >= 0.6 is 11.6 Å². The predicted molar refractivity (Wildman–Crippen MR) is 358 cm³/mol. The van der Waals surface area contributed by atoms with Gasteiger partial charge < -0.3 is 30.1 Å². The van der Waals surface area contributed by atoms with Crippen LogP contribution in [0.25, 0.3) is 0 Å². The summed E-state index contributed by atoms with van der Waals surface area (Å²) in [4.78, 5) is 81.8. The van der Waals surface area contributed by atoms with Crippen LogP contribution < -0.4 is 10.6 Å². The molecule has 0 aromatic rings. The number of ether oxygens (including phenoxy) is 1. The molecule has 0 spiro atoms. The lowest BCUT2D eigenvalue weighted by atomic mass is 9.79. The molecule has 0 aromatic heterocycles. The number of ketones is 4. The van der Waals surface area contributed by atoms with Crippen molar-refractivity contribution < 1.29 is 42.7 Å². The second kappa shape index (κ2) is 51.2. The van der Waals surface area contributed by atoms with Crippen molar-refractivity contribution in [1.29, 1.82) is 5.26 Å². The average Bonchev–Trinajstić information content (AvgIpc) is 3.29. The van der Waals surface area contributed by atoms with Gasteiger partial charge in [-0.05, 0) is 136 Å². The second-order valence-electron chi connectivity index (χ2n) is 27.9. The number of allylic oxidation sites excluding steroid dienone is 2. The number of nitrogens with zero attached hydrogens (tertiary/aromatic N) is 4. The van der Waals surface area contributed by atoms with E-state index in [2.05, 4.69) is 71.3 Å². The molecule has 0 unspecified atom stereocenters. The standard InChI is InChI=1S/C13H25NO2.C10H20N2O.C10H19NO.C7H13NO.C6H9NO.C6H12.C6H10.C5H9ClO.C5H9FO/c1-12(2,3)13(4,5)16-11(15)9-8-10-14(6)7;1-10(2,3)11-9(13)7-6-8-12(4)5;1-10(2,3)9(12)7-6-8-11(4)5;1-5-6(9)8-7(2,3)4;1-5(2)6(8)3-4-7;2*1-5-6(2,3)4;2*1-4(2)5(7)3-6/h8-9H,10H2,1-7H3;6-7H,8H2,1-5H3,(H,11,13);6-7H,8H2,1-5H3;5H,1H2,2-4H3,(H,8,9);5H,3H2,1-2H3;5H,1H2,2-4H3;1H,2-4H3;2*4H,3H2,1-2H3/b9-8+;2*7-6+;;;;;;. The Balaban J connectivity index is -0.000000110. The quantitative estimate of drug-likeness (QED) is 0.0462. The zero-order chi connectivity index (χ0) is 69.4. The number of rotatable bonds is 17. The Morgan fingerprint density at radius 1 is 0.583 bits per heavy atom. The van der Waals surface area contributed by atoms with Crippen molar-refractivity contribution >= 4 is 52.5 Å². The molecule has 0 rings (SSSR count). The van der Waals surface area contributed by atoms with Crippen LogP contribution in [-0.2, 0) is 38.3 Å². The van der Waals surface area contributed by atoms with E-state index in [4.69, 9.17) is 28.0 Å². The summed E-state index contributed by atoms with van der Waals surface area (Å²) in [6, 6.07) is 1.80. The summed E-state index contributed by atoms with van der Waals surface area (Å²) in [6.45, 7) is 59.0. The van der Waals surface area contributed by atoms with Crippen molar-refractivity contribution in [3.63, 3.8) is 0 Å². The van der Waals surface area contributed by atoms with Gasteiger partial charge in [-0.2, -0.15) is 5.26 Å². The average molecular weight is 1210 g/mol. The van der Waals surface area contributed by atoms with Crippen LogP contribution in [0.3, 0.4) is 0 Å². The van der Waals surface area contributed by atoms with E-state index < -0.39 is 12.3 Å². The number of halogens is 2. The normalized spacial score (nSPS) is 11.5. The summed E-state index contributed by atoms with van der Waals surface area (Å²) in [5.41, 5.74) is -0.710. The first-order valence-electron chi connectivity index (χ1n) is 28.5. The predicted octanol–water partition coefficient (Wildman–Crippen LogP) is 13.9. The fraction of sp³-hybridized carbons (Fsp3) is 0.706. The van der Waals surface area contributed by atoms with E-state index in [-0.39, 0.29) is 98.3 Å². The molecule has 84 heavy (non-hydrogen) atoms. The third-order valence-corrected chi connectivity index (χ3v) is 10.0. The van der Waals surface area contributed by atoms with E-state index >= 15 is 0 Å². The molecule has 0 aromatic carbocycles. The molecule has 0 heterocycles. The summed E-state index contributed by atoms with van der Waals surface area (Å²) in [6.07, 6.45) is 18.6. The molecular weight excluding hydrogens is 1080 g/mol. The van der Waals surface area contributed by atoms with Gasteiger partial charge in [0.15, 0.2) is 11.6 Å². The number of terminal acetylenes is 1. The molecule has 0 atom stereocenters. The maximum atomic E-state index is 11.6. The number of hydrogen-bond donors (Lipinski definition) is 2. The molecular formula is C68H126ClFN6O8. The number of hydrogen-bond acceptors (Lipinski definition) is 12. The van der Waals surface area contributed by atoms with Gasteiger partial charge in [-0.25, -0.2) is 9.18 Å². The SMILES string of the molecule is C#CC(C)(C)C.C=CC(=O)NC(C)(C)C.C=CC(C)(C)C.CC(C)C(=O)CC#N.CC(C)C(=O)CCl.CC(C)C(=O)CF.CN(C)C/C=C/C(=O)C(C)(C)C.CN(C)C/C=C/C(=O)NC(C)(C)C.CN(C)C/C=C/C(=O)OC(C)(C)C(C)(C)C. The minimum Gasteiger partial charge on any atom is -0.456 e. The number of alkyl halides is 2. The molecule has 0 aliphatic rings. The van der Waals surface area contributed by atoms with Gasteiger partial charge in [0, 0.05) is 76.9 Å². The lowest BCUT2D eigenvalue weighted by Gasteiger charge is -2.37. The van der Waals surface area contributed by atoms with Gasteiger partial charge in [0.1, 0.15) is 23.8 Å². The highest BCUT2D eigenvalue weighted by Gasteiger charge is 2.36. The van der Waals surface area contributed by atoms with Crippen LogP contribution in [0.5, 0.6) is 0 Å². The molecule has 0 bridgehead atoms. The monoisotopic (exact) mass is 1210 g/mol. The lowest BCUT2D eigenvalue weighted by Crippen LogP contribution is -2.40. The minimum atomic E-state index is -0.822. The fourth-order valence-electron chi connectivity index (χ4n) is 3.21. The fourth-order valence-corrected chi connectivity index (χ4v) is 3.52. The summed E-state index contributed by atoms with van der Waals surface area (Å²) in [7, 11) is 11.8. The van der Waals surface area contributed by atoms with Crippen molar-refractivity contribution in [2.24, 2.45) is 39.4 Å². The van der Waals surface area contributed by atoms with Gasteiger partial charge >= 0.3 is 5.97 Å². The Bertz CT molecular complexity index is 1990. The van der Waals surface area contributed by atoms with E-state index in [9.17, 15) is 38.0 Å².